The molecule has 0 unspecified atom stereocenters. The van der Waals surface area contributed by atoms with Crippen LogP contribution in [0, 0.1) is 37.0 Å². The number of carbonyl (C=O) groups excluding carboxylic acids is 2. The molecule has 30 nitrogen and oxygen atoms in total. The first-order valence-electron chi connectivity index (χ1n) is 47.9. The second-order valence-corrected chi connectivity index (χ2v) is 38.8. The van der Waals surface area contributed by atoms with Gasteiger partial charge in [-0.3, -0.25) is 80.3 Å². The van der Waals surface area contributed by atoms with Crippen LogP contribution in [0.2, 0.25) is 0 Å². The number of nitrogens with one attached hydrogen (secondary N) is 3. The standard InChI is InChI=1S/C31H33N5O2.C30H31N5O2.C27H27N5O4.C25H28N4O3/c1-21-10-9-13-26(32-21)23-16-14-22(15-17-23)18-35-19-25-27(28(35)33-24-11-7-6-8-12-24)36(20-31(2,3)4)30(38)34(5)29(25)37;1-20(2)17-35-27-25(29(36)33(4)30(35)37)19-34(28(27)32-24-10-6-5-7-11-24)18-22-13-15-23(16-14-22)26-12-8-9-21(3)31-26;1-17(2)14-31-24-20(26(35)29(3)27(31)36)16-30(25(24)32-22(33)11-12-23(32)34)15-18-7-9-19(10-8-18)21-6-4-5-13-28-21;1-17(2)14-29-22-21(24(30)27(3)25(29)31)16-28(15-18-10-12-20(32-4)13-11-18)23(22)26-19-8-6-5-7-9-19/h6-17,19,33H,18,20H2,1-5H3;5-16,19-20,32H,17-18H2,1-4H3;4-10,13,16-17H,11-12,14-15H2,1-3H3;5-13,16-17,26H,14-15H2,1-4H3. The number of benzene rings is 7. The number of aryl methyl sites for hydroxylation is 2. The third kappa shape index (κ3) is 21.8. The van der Waals surface area contributed by atoms with Crippen molar-refractivity contribution in [2.24, 2.45) is 51.4 Å². The summed E-state index contributed by atoms with van der Waals surface area (Å²) in [5.74, 6) is 3.12. The molecule has 19 rings (SSSR count). The number of hydrogen-bond acceptors (Lipinski definition) is 17. The quantitative estimate of drug-likeness (QED) is 0.0424. The Hall–Kier alpha value is -16.8. The number of hydrogen-bond donors (Lipinski definition) is 3. The molecule has 18 aromatic rings. The summed E-state index contributed by atoms with van der Waals surface area (Å²) in [4.78, 5) is 146. The van der Waals surface area contributed by atoms with Gasteiger partial charge in [-0.2, -0.15) is 0 Å². The number of ether oxygens (including phenoxy) is 1. The van der Waals surface area contributed by atoms with E-state index in [0.717, 1.165) is 117 Å². The van der Waals surface area contributed by atoms with E-state index in [1.165, 1.54) is 32.4 Å². The zero-order valence-corrected chi connectivity index (χ0v) is 83.4. The minimum Gasteiger partial charge on any atom is -0.497 e. The molecule has 7 aromatic carbocycles. The third-order valence-corrected chi connectivity index (χ3v) is 24.9. The second kappa shape index (κ2) is 42.5. The number of amides is 2. The molecule has 11 aromatic heterocycles. The fourth-order valence-electron chi connectivity index (χ4n) is 18.0. The Bertz CT molecular complexity index is 8260. The Kier molecular flexibility index (Phi) is 29.5. The van der Waals surface area contributed by atoms with E-state index in [9.17, 15) is 47.9 Å². The molecular weight excluding hydrogens is 1800 g/mol. The van der Waals surface area contributed by atoms with Crippen molar-refractivity contribution >= 4 is 95.8 Å². The Labute approximate surface area is 826 Å². The van der Waals surface area contributed by atoms with Gasteiger partial charge < -0.3 is 39.0 Å². The molecule has 0 atom stereocenters. The van der Waals surface area contributed by atoms with Gasteiger partial charge in [-0.05, 0) is 144 Å². The van der Waals surface area contributed by atoms with Gasteiger partial charge in [0.05, 0.1) is 45.7 Å². The highest BCUT2D eigenvalue weighted by molar-refractivity contribution is 6.22. The van der Waals surface area contributed by atoms with Gasteiger partial charge in [0, 0.05) is 170 Å². The Balaban J connectivity index is 0.000000137. The number of para-hydroxylation sites is 3. The summed E-state index contributed by atoms with van der Waals surface area (Å²) >= 11 is 0. The van der Waals surface area contributed by atoms with Crippen LogP contribution in [-0.4, -0.2) is 88.7 Å². The molecule has 12 heterocycles. The van der Waals surface area contributed by atoms with Crippen LogP contribution in [0.5, 0.6) is 5.75 Å². The maximum atomic E-state index is 13.3. The predicted molar refractivity (Wildman–Crippen MR) is 569 cm³/mol. The lowest BCUT2D eigenvalue weighted by Gasteiger charge is -2.22. The van der Waals surface area contributed by atoms with Crippen molar-refractivity contribution < 1.29 is 14.3 Å². The summed E-state index contributed by atoms with van der Waals surface area (Å²) < 4.78 is 24.4. The van der Waals surface area contributed by atoms with Crippen LogP contribution in [0.15, 0.2) is 312 Å². The first kappa shape index (κ1) is 99.2. The average molecular weight is 1920 g/mol. The predicted octanol–water partition coefficient (Wildman–Crippen LogP) is 17.9. The van der Waals surface area contributed by atoms with E-state index in [2.05, 4.69) is 128 Å². The number of methoxy groups -OCH3 is 1. The molecular formula is C113H119N19O11. The highest BCUT2D eigenvalue weighted by Crippen LogP contribution is 2.37. The molecule has 3 N–H and O–H groups in total. The van der Waals surface area contributed by atoms with Crippen molar-refractivity contribution in [2.45, 2.75) is 141 Å². The molecule has 0 bridgehead atoms. The van der Waals surface area contributed by atoms with E-state index >= 15 is 0 Å². The lowest BCUT2D eigenvalue weighted by atomic mass is 9.97. The third-order valence-electron chi connectivity index (χ3n) is 24.9. The number of anilines is 7. The van der Waals surface area contributed by atoms with Crippen LogP contribution in [0.1, 0.15) is 109 Å². The molecule has 1 saturated heterocycles. The van der Waals surface area contributed by atoms with E-state index < -0.39 is 11.2 Å². The molecule has 732 valence electrons. The second-order valence-electron chi connectivity index (χ2n) is 38.8. The monoisotopic (exact) mass is 1920 g/mol. The summed E-state index contributed by atoms with van der Waals surface area (Å²) in [5, 5.41) is 12.3. The summed E-state index contributed by atoms with van der Waals surface area (Å²) in [6.45, 7) is 26.1. The number of carbonyl (C=O) groups is 2. The number of aromatic nitrogens is 15. The molecule has 0 radical (unpaired) electrons. The number of imide groups is 1. The molecule has 1 fully saturated rings. The first-order valence-corrected chi connectivity index (χ1v) is 47.9. The summed E-state index contributed by atoms with van der Waals surface area (Å²) in [6.07, 6.45) is 9.14. The highest BCUT2D eigenvalue weighted by atomic mass is 16.5. The normalized spacial score (nSPS) is 12.1. The highest BCUT2D eigenvalue weighted by Gasteiger charge is 2.37. The molecule has 1 aliphatic rings. The van der Waals surface area contributed by atoms with Crippen molar-refractivity contribution in [1.82, 2.24) is 69.8 Å². The van der Waals surface area contributed by atoms with Gasteiger partial charge in [0.1, 0.15) is 51.1 Å². The van der Waals surface area contributed by atoms with Crippen molar-refractivity contribution in [2.75, 3.05) is 28.0 Å². The van der Waals surface area contributed by atoms with Crippen molar-refractivity contribution in [3.05, 3.63) is 391 Å². The molecule has 2 amide bonds. The van der Waals surface area contributed by atoms with E-state index in [4.69, 9.17) is 4.74 Å². The Morgan fingerprint density at radius 1 is 0.343 bits per heavy atom. The fourth-order valence-corrected chi connectivity index (χ4v) is 18.0. The number of rotatable bonds is 26. The van der Waals surface area contributed by atoms with Gasteiger partial charge >= 0.3 is 22.8 Å². The van der Waals surface area contributed by atoms with Gasteiger partial charge in [0.15, 0.2) is 0 Å². The van der Waals surface area contributed by atoms with E-state index in [0.29, 0.717) is 96.0 Å². The summed E-state index contributed by atoms with van der Waals surface area (Å²) in [6, 6.07) is 79.3. The SMILES string of the molecule is CC(C)Cn1c(=O)n(C)c(=O)c2cn(Cc3ccc(-c4ccccn4)cc3)c(N3C(=O)CCC3=O)c21.COc1ccc(Cn2cc3c(=O)n(C)c(=O)n(CC(C)C)c3c2Nc2ccccc2)cc1.Cc1cccc(-c2ccc(Cn3cc4c(=O)n(C)c(=O)n(CC(C)(C)C)c4c3Nc3ccccc3)cc2)n1.Cc1cccc(-c2ccc(Cn3cc4c(=O)n(C)c(=O)n(CC(C)C)c4c3Nc3ccccc3)cc2)n1. The van der Waals surface area contributed by atoms with Gasteiger partial charge in [0.25, 0.3) is 22.2 Å². The molecule has 30 heteroatoms. The lowest BCUT2D eigenvalue weighted by Crippen LogP contribution is -2.39. The van der Waals surface area contributed by atoms with E-state index in [1.807, 2.05) is 254 Å². The number of fused-ring (bicyclic) bond motifs is 4. The average Bonchev–Trinajstić information content (AvgIpc) is 1.58. The smallest absolute Gasteiger partial charge is 0.331 e. The van der Waals surface area contributed by atoms with Crippen molar-refractivity contribution in [1.29, 1.82) is 0 Å². The lowest BCUT2D eigenvalue weighted by molar-refractivity contribution is -0.121. The maximum Gasteiger partial charge on any atom is 0.331 e. The van der Waals surface area contributed by atoms with Crippen molar-refractivity contribution in [3.8, 4) is 39.5 Å². The molecule has 1 aliphatic heterocycles. The van der Waals surface area contributed by atoms with E-state index in [1.54, 1.807) is 51.9 Å². The summed E-state index contributed by atoms with van der Waals surface area (Å²) in [7, 11) is 7.70. The maximum absolute atomic E-state index is 13.3. The van der Waals surface area contributed by atoms with Gasteiger partial charge in [0.2, 0.25) is 11.8 Å². The minimum atomic E-state index is -0.473. The van der Waals surface area contributed by atoms with Crippen LogP contribution >= 0.6 is 0 Å². The Morgan fingerprint density at radius 2 is 0.643 bits per heavy atom. The molecule has 143 heavy (non-hydrogen) atoms. The largest absolute Gasteiger partial charge is 0.497 e. The number of pyridine rings is 3. The zero-order chi connectivity index (χ0) is 102. The molecule has 0 spiro atoms. The summed E-state index contributed by atoms with van der Waals surface area (Å²) in [5.41, 5.74) is 13.8. The van der Waals surface area contributed by atoms with Crippen LogP contribution in [-0.2, 0) is 90.1 Å². The van der Waals surface area contributed by atoms with Crippen LogP contribution in [0.25, 0.3) is 77.4 Å². The molecule has 0 aliphatic carbocycles. The van der Waals surface area contributed by atoms with Crippen LogP contribution in [0.4, 0.5) is 40.3 Å². The topological polar surface area (TPSA) is 317 Å². The Morgan fingerprint density at radius 3 is 0.972 bits per heavy atom. The minimum absolute atomic E-state index is 0.101. The van der Waals surface area contributed by atoms with Gasteiger partial charge in [-0.1, -0.05) is 220 Å². The molecule has 0 saturated carbocycles. The fraction of sp³-hybridized carbons (Fsp3) is 0.265. The van der Waals surface area contributed by atoms with Crippen LogP contribution in [0.3, 0.4) is 0 Å². The van der Waals surface area contributed by atoms with Gasteiger partial charge in [-0.15, -0.1) is 0 Å². The van der Waals surface area contributed by atoms with Crippen LogP contribution < -0.4 is 70.6 Å². The zero-order valence-electron chi connectivity index (χ0n) is 83.4. The van der Waals surface area contributed by atoms with E-state index in [-0.39, 0.29) is 87.4 Å². The van der Waals surface area contributed by atoms with Crippen molar-refractivity contribution in [3.63, 3.8) is 0 Å². The number of nitrogens with zero attached hydrogens (tertiary/aromatic N) is 16. The first-order chi connectivity index (χ1) is 68.6. The van der Waals surface area contributed by atoms with Gasteiger partial charge in [-0.25, -0.2) is 24.1 Å².